The van der Waals surface area contributed by atoms with Crippen LogP contribution < -0.4 is 0 Å². The van der Waals surface area contributed by atoms with Gasteiger partial charge in [0.2, 0.25) is 0 Å². The molecular formula is C6H5BrF3NS. The molecule has 1 nitrogen and oxygen atoms in total. The van der Waals surface area contributed by atoms with Crippen molar-refractivity contribution in [1.29, 1.82) is 0 Å². The van der Waals surface area contributed by atoms with E-state index in [1.54, 1.807) is 0 Å². The Bertz CT molecular complexity index is 258. The predicted octanol–water partition coefficient (Wildman–Crippen LogP) is 3.10. The molecule has 0 spiro atoms. The van der Waals surface area contributed by atoms with Crippen LogP contribution in [-0.2, 0) is 12.6 Å². The second kappa shape index (κ2) is 3.74. The maximum atomic E-state index is 12.0. The van der Waals surface area contributed by atoms with Gasteiger partial charge in [0.1, 0.15) is 0 Å². The smallest absolute Gasteiger partial charge is 0.237 e. The number of hydrogen-bond acceptors (Lipinski definition) is 2. The average Bonchev–Trinajstić information content (AvgIpc) is 2.35. The maximum absolute atomic E-state index is 12.0. The number of rotatable bonds is 2. The zero-order chi connectivity index (χ0) is 9.19. The third kappa shape index (κ3) is 2.45. The molecule has 0 N–H and O–H groups in total. The van der Waals surface area contributed by atoms with Gasteiger partial charge in [-0.25, -0.2) is 4.98 Å². The monoisotopic (exact) mass is 259 g/mol. The van der Waals surface area contributed by atoms with Gasteiger partial charge in [0.25, 0.3) is 0 Å². The molecule has 68 valence electrons. The first kappa shape index (κ1) is 9.98. The quantitative estimate of drug-likeness (QED) is 0.744. The van der Waals surface area contributed by atoms with Gasteiger partial charge in [0.05, 0.1) is 5.01 Å². The van der Waals surface area contributed by atoms with E-state index < -0.39 is 11.9 Å². The molecule has 0 saturated heterocycles. The van der Waals surface area contributed by atoms with Gasteiger partial charge in [0.15, 0.2) is 5.69 Å². The van der Waals surface area contributed by atoms with Crippen molar-refractivity contribution in [3.63, 3.8) is 0 Å². The van der Waals surface area contributed by atoms with Crippen LogP contribution in [-0.4, -0.2) is 10.3 Å². The summed E-state index contributed by atoms with van der Waals surface area (Å²) < 4.78 is 35.9. The zero-order valence-corrected chi connectivity index (χ0v) is 8.26. The molecule has 12 heavy (non-hydrogen) atoms. The second-order valence-corrected chi connectivity index (χ2v) is 3.80. The molecule has 6 heteroatoms. The highest BCUT2D eigenvalue weighted by atomic mass is 79.9. The second-order valence-electron chi connectivity index (χ2n) is 2.06. The lowest BCUT2D eigenvalue weighted by Gasteiger charge is -1.99. The molecule has 0 aliphatic carbocycles. The summed E-state index contributed by atoms with van der Waals surface area (Å²) in [6.07, 6.45) is -3.76. The highest BCUT2D eigenvalue weighted by Crippen LogP contribution is 2.30. The average molecular weight is 260 g/mol. The largest absolute Gasteiger partial charge is 0.434 e. The van der Waals surface area contributed by atoms with E-state index >= 15 is 0 Å². The van der Waals surface area contributed by atoms with Gasteiger partial charge in [-0.3, -0.25) is 0 Å². The van der Waals surface area contributed by atoms with Gasteiger partial charge in [-0.15, -0.1) is 11.3 Å². The number of halogens is 4. The number of aromatic nitrogens is 1. The minimum absolute atomic E-state index is 0.513. The Morgan fingerprint density at radius 2 is 2.17 bits per heavy atom. The van der Waals surface area contributed by atoms with E-state index in [2.05, 4.69) is 20.9 Å². The Balaban J connectivity index is 2.77. The number of nitrogens with zero attached hydrogens (tertiary/aromatic N) is 1. The fraction of sp³-hybridized carbons (Fsp3) is 0.500. The summed E-state index contributed by atoms with van der Waals surface area (Å²) in [6, 6.07) is 0. The van der Waals surface area contributed by atoms with Crippen LogP contribution in [0.3, 0.4) is 0 Å². The van der Waals surface area contributed by atoms with Crippen molar-refractivity contribution in [3.8, 4) is 0 Å². The first-order chi connectivity index (χ1) is 5.54. The van der Waals surface area contributed by atoms with Crippen molar-refractivity contribution in [2.24, 2.45) is 0 Å². The Morgan fingerprint density at radius 3 is 2.58 bits per heavy atom. The fourth-order valence-electron chi connectivity index (χ4n) is 0.637. The van der Waals surface area contributed by atoms with Gasteiger partial charge < -0.3 is 0 Å². The van der Waals surface area contributed by atoms with Crippen LogP contribution in [0.4, 0.5) is 13.2 Å². The molecule has 1 rings (SSSR count). The van der Waals surface area contributed by atoms with Crippen LogP contribution in [0.5, 0.6) is 0 Å². The fourth-order valence-corrected chi connectivity index (χ4v) is 2.08. The van der Waals surface area contributed by atoms with Crippen LogP contribution in [0.15, 0.2) is 5.38 Å². The van der Waals surface area contributed by atoms with Crippen molar-refractivity contribution in [2.45, 2.75) is 12.6 Å². The Labute approximate surface area is 79.8 Å². The summed E-state index contributed by atoms with van der Waals surface area (Å²) in [5, 5.41) is 2.19. The van der Waals surface area contributed by atoms with E-state index in [-0.39, 0.29) is 0 Å². The summed E-state index contributed by atoms with van der Waals surface area (Å²) in [6.45, 7) is 0. The van der Waals surface area contributed by atoms with E-state index in [1.165, 1.54) is 0 Å². The molecule has 0 fully saturated rings. The molecule has 0 radical (unpaired) electrons. The summed E-state index contributed by atoms with van der Waals surface area (Å²) in [5.41, 5.74) is -0.788. The Kier molecular flexibility index (Phi) is 3.11. The van der Waals surface area contributed by atoms with Crippen LogP contribution in [0.1, 0.15) is 10.7 Å². The summed E-state index contributed by atoms with van der Waals surface area (Å²) in [7, 11) is 0. The van der Waals surface area contributed by atoms with Crippen molar-refractivity contribution in [2.75, 3.05) is 5.33 Å². The molecule has 0 aromatic carbocycles. The first-order valence-corrected chi connectivity index (χ1v) is 5.11. The topological polar surface area (TPSA) is 12.9 Å². The molecule has 1 heterocycles. The van der Waals surface area contributed by atoms with Gasteiger partial charge in [-0.05, 0) is 0 Å². The SMILES string of the molecule is FC(F)(F)c1csc(CCBr)n1. The molecule has 0 aliphatic rings. The highest BCUT2D eigenvalue weighted by Gasteiger charge is 2.33. The number of thiazole rings is 1. The van der Waals surface area contributed by atoms with E-state index in [1.807, 2.05) is 0 Å². The van der Waals surface area contributed by atoms with Gasteiger partial charge in [-0.2, -0.15) is 13.2 Å². The first-order valence-electron chi connectivity index (χ1n) is 3.11. The van der Waals surface area contributed by atoms with Gasteiger partial charge in [-0.1, -0.05) is 15.9 Å². The van der Waals surface area contributed by atoms with Gasteiger partial charge >= 0.3 is 6.18 Å². The van der Waals surface area contributed by atoms with Crippen LogP contribution in [0, 0.1) is 0 Å². The van der Waals surface area contributed by atoms with Crippen molar-refractivity contribution in [1.82, 2.24) is 4.98 Å². The molecule has 1 aromatic rings. The lowest BCUT2D eigenvalue weighted by molar-refractivity contribution is -0.140. The van der Waals surface area contributed by atoms with Gasteiger partial charge in [0, 0.05) is 17.1 Å². The van der Waals surface area contributed by atoms with E-state index in [4.69, 9.17) is 0 Å². The minimum atomic E-state index is -4.30. The van der Waals surface area contributed by atoms with Crippen LogP contribution in [0.2, 0.25) is 0 Å². The molecule has 0 aliphatic heterocycles. The van der Waals surface area contributed by atoms with Crippen molar-refractivity contribution in [3.05, 3.63) is 16.1 Å². The molecule has 0 amide bonds. The number of alkyl halides is 4. The number of hydrogen-bond donors (Lipinski definition) is 0. The lowest BCUT2D eigenvalue weighted by atomic mass is 10.4. The summed E-state index contributed by atoms with van der Waals surface area (Å²) in [5.74, 6) is 0. The predicted molar refractivity (Wildman–Crippen MR) is 44.6 cm³/mol. The van der Waals surface area contributed by atoms with Crippen molar-refractivity contribution >= 4 is 27.3 Å². The van der Waals surface area contributed by atoms with Crippen LogP contribution >= 0.6 is 27.3 Å². The van der Waals surface area contributed by atoms with E-state index in [0.29, 0.717) is 16.8 Å². The Hall–Kier alpha value is -0.100. The lowest BCUT2D eigenvalue weighted by Crippen LogP contribution is -2.05. The Morgan fingerprint density at radius 1 is 1.50 bits per heavy atom. The third-order valence-electron chi connectivity index (χ3n) is 1.15. The maximum Gasteiger partial charge on any atom is 0.434 e. The molecule has 1 aromatic heterocycles. The molecule has 0 atom stereocenters. The zero-order valence-electron chi connectivity index (χ0n) is 5.86. The third-order valence-corrected chi connectivity index (χ3v) is 2.46. The summed E-state index contributed by atoms with van der Waals surface area (Å²) in [4.78, 5) is 3.43. The number of aryl methyl sites for hydroxylation is 1. The van der Waals surface area contributed by atoms with Crippen LogP contribution in [0.25, 0.3) is 0 Å². The minimum Gasteiger partial charge on any atom is -0.237 e. The summed E-state index contributed by atoms with van der Waals surface area (Å²) >= 11 is 4.17. The molecule has 0 unspecified atom stereocenters. The molecule has 0 bridgehead atoms. The van der Waals surface area contributed by atoms with Crippen molar-refractivity contribution < 1.29 is 13.2 Å². The van der Waals surface area contributed by atoms with E-state index in [0.717, 1.165) is 16.7 Å². The van der Waals surface area contributed by atoms with E-state index in [9.17, 15) is 13.2 Å². The molecular weight excluding hydrogens is 255 g/mol. The standard InChI is InChI=1S/C6H5BrF3NS/c7-2-1-5-11-4(3-12-5)6(8,9)10/h3H,1-2H2. The molecule has 0 saturated carbocycles. The highest BCUT2D eigenvalue weighted by molar-refractivity contribution is 9.09. The normalized spacial score (nSPS) is 12.0.